The molecule has 0 radical (unpaired) electrons. The number of phenolic OH excluding ortho intramolecular Hbond substituents is 1. The second kappa shape index (κ2) is 9.35. The molecule has 33 heavy (non-hydrogen) atoms. The summed E-state index contributed by atoms with van der Waals surface area (Å²) in [5, 5.41) is 10.3. The fraction of sp³-hybridized carbons (Fsp3) is 0.375. The Morgan fingerprint density at radius 2 is 1.70 bits per heavy atom. The van der Waals surface area contributed by atoms with E-state index in [9.17, 15) is 23.1 Å². The summed E-state index contributed by atoms with van der Waals surface area (Å²) in [4.78, 5) is 15.2. The van der Waals surface area contributed by atoms with E-state index in [1.165, 1.54) is 31.4 Å². The third kappa shape index (κ3) is 4.78. The maximum atomic E-state index is 14.0. The van der Waals surface area contributed by atoms with Crippen molar-refractivity contribution in [3.8, 4) is 23.0 Å². The molecule has 0 atom stereocenters. The van der Waals surface area contributed by atoms with Crippen molar-refractivity contribution < 1.29 is 32.2 Å². The Balaban J connectivity index is 1.87. The molecule has 3 aromatic rings. The van der Waals surface area contributed by atoms with Crippen molar-refractivity contribution in [2.24, 2.45) is 0 Å². The van der Waals surface area contributed by atoms with Crippen LogP contribution in [-0.2, 0) is 12.7 Å². The largest absolute Gasteiger partial charge is 0.507 e. The number of hydrogen-bond acceptors (Lipinski definition) is 6. The second-order valence-electron chi connectivity index (χ2n) is 7.97. The Hall–Kier alpha value is -3.20. The van der Waals surface area contributed by atoms with Gasteiger partial charge in [-0.25, -0.2) is 0 Å². The van der Waals surface area contributed by atoms with Gasteiger partial charge in [0.25, 0.3) is 5.76 Å². The molecule has 0 bridgehead atoms. The Bertz CT molecular complexity index is 1200. The molecule has 0 aliphatic carbocycles. The maximum Gasteiger partial charge on any atom is 0.453 e. The minimum Gasteiger partial charge on any atom is -0.507 e. The van der Waals surface area contributed by atoms with E-state index in [2.05, 4.69) is 0 Å². The summed E-state index contributed by atoms with van der Waals surface area (Å²) < 4.78 is 57.7. The molecule has 4 rings (SSSR count). The molecule has 6 nitrogen and oxygen atoms in total. The number of alkyl halides is 3. The summed E-state index contributed by atoms with van der Waals surface area (Å²) in [6.45, 7) is 1.68. The van der Waals surface area contributed by atoms with Gasteiger partial charge in [-0.05, 0) is 50.2 Å². The van der Waals surface area contributed by atoms with Crippen LogP contribution in [0.5, 0.6) is 23.0 Å². The molecule has 2 heterocycles. The predicted molar refractivity (Wildman–Crippen MR) is 116 cm³/mol. The number of para-hydroxylation sites is 2. The standard InChI is InChI=1S/C24H24F3NO5/c1-31-18-8-4-5-9-19(18)32-22-20(30)15-10-11-17(29)16(14-28-12-6-2-3-7-13-28)21(15)33-23(22)24(25,26)27/h4-5,8-11,29H,2-3,6-7,12-14H2,1H3. The topological polar surface area (TPSA) is 72.1 Å². The molecule has 0 amide bonds. The maximum absolute atomic E-state index is 14.0. The van der Waals surface area contributed by atoms with E-state index in [4.69, 9.17) is 13.9 Å². The van der Waals surface area contributed by atoms with Gasteiger partial charge in [0.1, 0.15) is 11.3 Å². The average Bonchev–Trinajstić information content (AvgIpc) is 3.05. The van der Waals surface area contributed by atoms with Crippen LogP contribution < -0.4 is 14.9 Å². The van der Waals surface area contributed by atoms with Crippen molar-refractivity contribution in [2.45, 2.75) is 38.4 Å². The first-order chi connectivity index (χ1) is 15.8. The van der Waals surface area contributed by atoms with E-state index in [0.717, 1.165) is 38.8 Å². The fourth-order valence-corrected chi connectivity index (χ4v) is 4.05. The van der Waals surface area contributed by atoms with Crippen molar-refractivity contribution >= 4 is 11.0 Å². The van der Waals surface area contributed by atoms with Gasteiger partial charge >= 0.3 is 6.18 Å². The van der Waals surface area contributed by atoms with Crippen LogP contribution in [0.4, 0.5) is 13.2 Å². The molecular formula is C24H24F3NO5. The number of methoxy groups -OCH3 is 1. The second-order valence-corrected chi connectivity index (χ2v) is 7.97. The van der Waals surface area contributed by atoms with E-state index in [0.29, 0.717) is 0 Å². The van der Waals surface area contributed by atoms with Crippen LogP contribution in [-0.4, -0.2) is 30.2 Å². The highest BCUT2D eigenvalue weighted by molar-refractivity contribution is 5.83. The first kappa shape index (κ1) is 23.0. The number of halogens is 3. The summed E-state index contributed by atoms with van der Waals surface area (Å²) in [5.74, 6) is -2.65. The van der Waals surface area contributed by atoms with Crippen LogP contribution >= 0.6 is 0 Å². The van der Waals surface area contributed by atoms with E-state index >= 15 is 0 Å². The van der Waals surface area contributed by atoms with Crippen LogP contribution in [0.15, 0.2) is 45.6 Å². The number of ether oxygens (including phenoxy) is 2. The molecule has 1 aliphatic heterocycles. The zero-order valence-electron chi connectivity index (χ0n) is 18.1. The lowest BCUT2D eigenvalue weighted by Crippen LogP contribution is -2.24. The number of rotatable bonds is 5. The van der Waals surface area contributed by atoms with E-state index < -0.39 is 23.1 Å². The first-order valence-corrected chi connectivity index (χ1v) is 10.7. The fourth-order valence-electron chi connectivity index (χ4n) is 4.05. The lowest BCUT2D eigenvalue weighted by molar-refractivity contribution is -0.154. The first-order valence-electron chi connectivity index (χ1n) is 10.7. The zero-order chi connectivity index (χ0) is 23.6. The molecule has 2 aromatic carbocycles. The average molecular weight is 463 g/mol. The number of likely N-dealkylation sites (tertiary alicyclic amines) is 1. The van der Waals surface area contributed by atoms with Gasteiger partial charge < -0.3 is 19.0 Å². The van der Waals surface area contributed by atoms with E-state index in [1.807, 2.05) is 4.90 Å². The van der Waals surface area contributed by atoms with Gasteiger partial charge in [0.15, 0.2) is 11.5 Å². The smallest absolute Gasteiger partial charge is 0.453 e. The third-order valence-electron chi connectivity index (χ3n) is 5.72. The molecule has 9 heteroatoms. The highest BCUT2D eigenvalue weighted by Gasteiger charge is 2.41. The van der Waals surface area contributed by atoms with Crippen molar-refractivity contribution in [3.63, 3.8) is 0 Å². The minimum absolute atomic E-state index is 0.0549. The van der Waals surface area contributed by atoms with Gasteiger partial charge in [-0.15, -0.1) is 0 Å². The quantitative estimate of drug-likeness (QED) is 0.524. The molecule has 0 saturated carbocycles. The lowest BCUT2D eigenvalue weighted by Gasteiger charge is -2.21. The summed E-state index contributed by atoms with van der Waals surface area (Å²) in [5.41, 5.74) is -1.11. The Morgan fingerprint density at radius 3 is 2.33 bits per heavy atom. The Morgan fingerprint density at radius 1 is 1.03 bits per heavy atom. The highest BCUT2D eigenvalue weighted by atomic mass is 19.4. The monoisotopic (exact) mass is 463 g/mol. The normalized spacial score (nSPS) is 15.4. The highest BCUT2D eigenvalue weighted by Crippen LogP contribution is 2.41. The van der Waals surface area contributed by atoms with E-state index in [1.54, 1.807) is 12.1 Å². The number of phenols is 1. The summed E-state index contributed by atoms with van der Waals surface area (Å²) >= 11 is 0. The molecule has 0 unspecified atom stereocenters. The molecule has 0 spiro atoms. The molecule has 1 aliphatic rings. The van der Waals surface area contributed by atoms with Gasteiger partial charge in [0, 0.05) is 6.54 Å². The third-order valence-corrected chi connectivity index (χ3v) is 5.72. The van der Waals surface area contributed by atoms with E-state index in [-0.39, 0.29) is 40.3 Å². The molecule has 176 valence electrons. The Kier molecular flexibility index (Phi) is 6.51. The zero-order valence-corrected chi connectivity index (χ0v) is 18.1. The molecular weight excluding hydrogens is 439 g/mol. The van der Waals surface area contributed by atoms with Crippen LogP contribution in [0.3, 0.4) is 0 Å². The lowest BCUT2D eigenvalue weighted by atomic mass is 10.1. The van der Waals surface area contributed by atoms with Crippen molar-refractivity contribution in [1.82, 2.24) is 4.90 Å². The summed E-state index contributed by atoms with van der Waals surface area (Å²) in [6.07, 6.45) is -0.930. The van der Waals surface area contributed by atoms with Crippen LogP contribution in [0.1, 0.15) is 37.0 Å². The van der Waals surface area contributed by atoms with Crippen LogP contribution in [0, 0.1) is 0 Å². The molecule has 1 aromatic heterocycles. The number of benzene rings is 2. The molecule has 1 saturated heterocycles. The summed E-state index contributed by atoms with van der Waals surface area (Å²) in [7, 11) is 1.34. The molecule has 1 N–H and O–H groups in total. The van der Waals surface area contributed by atoms with Crippen molar-refractivity contribution in [1.29, 1.82) is 0 Å². The summed E-state index contributed by atoms with van der Waals surface area (Å²) in [6, 6.07) is 8.61. The number of hydrogen-bond donors (Lipinski definition) is 1. The van der Waals surface area contributed by atoms with Crippen LogP contribution in [0.2, 0.25) is 0 Å². The van der Waals surface area contributed by atoms with Gasteiger partial charge in [0.2, 0.25) is 11.2 Å². The number of nitrogens with zero attached hydrogens (tertiary/aromatic N) is 1. The number of aromatic hydroxyl groups is 1. The number of fused-ring (bicyclic) bond motifs is 1. The van der Waals surface area contributed by atoms with Crippen molar-refractivity contribution in [2.75, 3.05) is 20.2 Å². The van der Waals surface area contributed by atoms with Crippen molar-refractivity contribution in [3.05, 3.63) is 57.9 Å². The molecule has 1 fully saturated rings. The van der Waals surface area contributed by atoms with Gasteiger partial charge in [-0.1, -0.05) is 25.0 Å². The van der Waals surface area contributed by atoms with Gasteiger partial charge in [0.05, 0.1) is 18.1 Å². The van der Waals surface area contributed by atoms with Gasteiger partial charge in [-0.2, -0.15) is 13.2 Å². The van der Waals surface area contributed by atoms with Crippen LogP contribution in [0.25, 0.3) is 11.0 Å². The predicted octanol–water partition coefficient (Wildman–Crippen LogP) is 5.69. The minimum atomic E-state index is -5.00. The Labute approximate surface area is 188 Å². The SMILES string of the molecule is COc1ccccc1Oc1c(C(F)(F)F)oc2c(CN3CCCCCC3)c(O)ccc2c1=O. The van der Waals surface area contributed by atoms with Gasteiger partial charge in [-0.3, -0.25) is 9.69 Å².